The highest BCUT2D eigenvalue weighted by molar-refractivity contribution is 6.33. The van der Waals surface area contributed by atoms with E-state index >= 15 is 0 Å². The van der Waals surface area contributed by atoms with Crippen LogP contribution in [0.1, 0.15) is 12.0 Å². The molecule has 0 amide bonds. The van der Waals surface area contributed by atoms with Gasteiger partial charge in [0.15, 0.2) is 0 Å². The molecule has 0 aliphatic heterocycles. The van der Waals surface area contributed by atoms with Crippen LogP contribution in [0.5, 0.6) is 0 Å². The van der Waals surface area contributed by atoms with Crippen LogP contribution in [0.4, 0.5) is 5.69 Å². The Hall–Kier alpha value is -0.810. The fraction of sp³-hybridized carbons (Fsp3) is 0.571. The van der Waals surface area contributed by atoms with Crippen LogP contribution in [0.3, 0.4) is 0 Å². The summed E-state index contributed by atoms with van der Waals surface area (Å²) in [7, 11) is 3.44. The van der Waals surface area contributed by atoms with Gasteiger partial charge in [-0.05, 0) is 24.1 Å². The molecule has 0 spiro atoms. The Labute approximate surface area is 120 Å². The third-order valence-electron chi connectivity index (χ3n) is 2.91. The number of ether oxygens (including phenoxy) is 2. The van der Waals surface area contributed by atoms with Crippen molar-refractivity contribution < 1.29 is 9.47 Å². The minimum atomic E-state index is 0.612. The maximum absolute atomic E-state index is 6.04. The molecule has 0 fully saturated rings. The summed E-state index contributed by atoms with van der Waals surface area (Å²) < 4.78 is 10.2. The lowest BCUT2D eigenvalue weighted by atomic mass is 10.2. The zero-order valence-electron chi connectivity index (χ0n) is 11.7. The van der Waals surface area contributed by atoms with E-state index in [1.165, 1.54) is 0 Å². The number of nitrogens with two attached hydrogens (primary N) is 1. The Kier molecular flexibility index (Phi) is 7.82. The Morgan fingerprint density at radius 2 is 1.89 bits per heavy atom. The largest absolute Gasteiger partial charge is 0.398 e. The van der Waals surface area contributed by atoms with E-state index in [4.69, 9.17) is 26.8 Å². The molecular weight excluding hydrogens is 264 g/mol. The van der Waals surface area contributed by atoms with Crippen LogP contribution in [-0.4, -0.2) is 45.4 Å². The first-order valence-electron chi connectivity index (χ1n) is 6.41. The highest BCUT2D eigenvalue weighted by atomic mass is 35.5. The lowest BCUT2D eigenvalue weighted by molar-refractivity contribution is 0.129. The lowest BCUT2D eigenvalue weighted by Crippen LogP contribution is -2.28. The summed E-state index contributed by atoms with van der Waals surface area (Å²) in [6.07, 6.45) is 1.00. The minimum Gasteiger partial charge on any atom is -0.398 e. The molecule has 1 rings (SSSR count). The molecule has 0 radical (unpaired) electrons. The van der Waals surface area contributed by atoms with Crippen molar-refractivity contribution in [1.29, 1.82) is 0 Å². The summed E-state index contributed by atoms with van der Waals surface area (Å²) in [5, 5.41) is 0.612. The Morgan fingerprint density at radius 3 is 2.53 bits per heavy atom. The Bertz CT molecular complexity index is 374. The third-order valence-corrected chi connectivity index (χ3v) is 3.23. The summed E-state index contributed by atoms with van der Waals surface area (Å²) in [4.78, 5) is 2.32. The van der Waals surface area contributed by atoms with Crippen molar-refractivity contribution in [3.8, 4) is 0 Å². The predicted molar refractivity (Wildman–Crippen MR) is 79.5 cm³/mol. The number of anilines is 1. The van der Waals surface area contributed by atoms with Crippen molar-refractivity contribution in [3.05, 3.63) is 28.8 Å². The number of nitrogens with zero attached hydrogens (tertiary/aromatic N) is 1. The molecule has 0 aliphatic carbocycles. The summed E-state index contributed by atoms with van der Waals surface area (Å²) >= 11 is 6.04. The molecule has 0 aliphatic rings. The van der Waals surface area contributed by atoms with Crippen LogP contribution in [0.25, 0.3) is 0 Å². The molecule has 0 aromatic heterocycles. The van der Waals surface area contributed by atoms with Crippen LogP contribution in [0.15, 0.2) is 18.2 Å². The van der Waals surface area contributed by atoms with Crippen LogP contribution in [0, 0.1) is 0 Å². The summed E-state index contributed by atoms with van der Waals surface area (Å²) in [5.74, 6) is 0. The van der Waals surface area contributed by atoms with Crippen molar-refractivity contribution in [2.24, 2.45) is 0 Å². The first-order valence-corrected chi connectivity index (χ1v) is 6.79. The van der Waals surface area contributed by atoms with Crippen LogP contribution in [0.2, 0.25) is 5.02 Å². The van der Waals surface area contributed by atoms with Gasteiger partial charge in [-0.15, -0.1) is 0 Å². The van der Waals surface area contributed by atoms with E-state index in [1.807, 2.05) is 18.2 Å². The van der Waals surface area contributed by atoms with E-state index in [-0.39, 0.29) is 0 Å². The molecule has 0 heterocycles. The van der Waals surface area contributed by atoms with Gasteiger partial charge in [0, 0.05) is 40.5 Å². The second-order valence-corrected chi connectivity index (χ2v) is 4.88. The zero-order chi connectivity index (χ0) is 14.1. The van der Waals surface area contributed by atoms with Crippen molar-refractivity contribution in [2.75, 3.05) is 46.3 Å². The van der Waals surface area contributed by atoms with Gasteiger partial charge in [0.1, 0.15) is 0 Å². The fourth-order valence-electron chi connectivity index (χ4n) is 1.85. The molecule has 5 heteroatoms. The van der Waals surface area contributed by atoms with E-state index in [0.717, 1.165) is 44.8 Å². The minimum absolute atomic E-state index is 0.612. The Balaban J connectivity index is 2.56. The second-order valence-electron chi connectivity index (χ2n) is 4.47. The van der Waals surface area contributed by atoms with Gasteiger partial charge in [0.25, 0.3) is 0 Å². The quantitative estimate of drug-likeness (QED) is 0.559. The van der Waals surface area contributed by atoms with E-state index in [0.29, 0.717) is 10.7 Å². The van der Waals surface area contributed by atoms with Gasteiger partial charge in [-0.3, -0.25) is 4.90 Å². The van der Waals surface area contributed by atoms with Crippen molar-refractivity contribution in [2.45, 2.75) is 13.0 Å². The number of hydrogen-bond donors (Lipinski definition) is 1. The number of hydrogen-bond acceptors (Lipinski definition) is 4. The summed E-state index contributed by atoms with van der Waals surface area (Å²) in [5.41, 5.74) is 7.49. The fourth-order valence-corrected chi connectivity index (χ4v) is 2.05. The van der Waals surface area contributed by atoms with E-state index in [2.05, 4.69) is 4.90 Å². The molecular formula is C14H23ClN2O2. The maximum Gasteiger partial charge on any atom is 0.0638 e. The van der Waals surface area contributed by atoms with Gasteiger partial charge >= 0.3 is 0 Å². The van der Waals surface area contributed by atoms with E-state index in [1.54, 1.807) is 14.2 Å². The third kappa shape index (κ3) is 6.25. The predicted octanol–water partition coefficient (Wildman–Crippen LogP) is 2.41. The van der Waals surface area contributed by atoms with E-state index < -0.39 is 0 Å². The van der Waals surface area contributed by atoms with Gasteiger partial charge in [0.05, 0.1) is 17.3 Å². The van der Waals surface area contributed by atoms with Gasteiger partial charge in [0.2, 0.25) is 0 Å². The van der Waals surface area contributed by atoms with Crippen LogP contribution >= 0.6 is 11.6 Å². The average molecular weight is 287 g/mol. The topological polar surface area (TPSA) is 47.7 Å². The number of nitrogen functional groups attached to an aromatic ring is 1. The molecule has 1 aromatic carbocycles. The Morgan fingerprint density at radius 1 is 1.16 bits per heavy atom. The SMILES string of the molecule is COCCCN(CCOC)Cc1ccc(N)c(Cl)c1. The summed E-state index contributed by atoms with van der Waals surface area (Å²) in [6.45, 7) is 4.19. The van der Waals surface area contributed by atoms with Crippen molar-refractivity contribution in [1.82, 2.24) is 4.90 Å². The van der Waals surface area contributed by atoms with Gasteiger partial charge in [-0.1, -0.05) is 17.7 Å². The second kappa shape index (κ2) is 9.15. The highest BCUT2D eigenvalue weighted by Gasteiger charge is 2.07. The van der Waals surface area contributed by atoms with Gasteiger partial charge in [-0.2, -0.15) is 0 Å². The molecule has 1 aromatic rings. The van der Waals surface area contributed by atoms with Crippen LogP contribution in [-0.2, 0) is 16.0 Å². The molecule has 0 saturated heterocycles. The molecule has 0 bridgehead atoms. The molecule has 2 N–H and O–H groups in total. The van der Waals surface area contributed by atoms with Gasteiger partial charge < -0.3 is 15.2 Å². The zero-order valence-corrected chi connectivity index (χ0v) is 12.4. The smallest absolute Gasteiger partial charge is 0.0638 e. The summed E-state index contributed by atoms with van der Waals surface area (Å²) in [6, 6.07) is 5.78. The van der Waals surface area contributed by atoms with Crippen molar-refractivity contribution >= 4 is 17.3 Å². The lowest BCUT2D eigenvalue weighted by Gasteiger charge is -2.22. The first-order chi connectivity index (χ1) is 9.17. The standard InChI is InChI=1S/C14H23ClN2O2/c1-18-8-3-6-17(7-9-19-2)11-12-4-5-14(16)13(15)10-12/h4-5,10H,3,6-9,11,16H2,1-2H3. The average Bonchev–Trinajstić information content (AvgIpc) is 2.40. The normalized spacial score (nSPS) is 11.2. The molecule has 108 valence electrons. The van der Waals surface area contributed by atoms with Crippen molar-refractivity contribution in [3.63, 3.8) is 0 Å². The monoisotopic (exact) mass is 286 g/mol. The van der Waals surface area contributed by atoms with Crippen LogP contribution < -0.4 is 5.73 Å². The highest BCUT2D eigenvalue weighted by Crippen LogP contribution is 2.20. The number of methoxy groups -OCH3 is 2. The number of rotatable bonds is 9. The molecule has 0 atom stereocenters. The molecule has 0 unspecified atom stereocenters. The number of halogens is 1. The van der Waals surface area contributed by atoms with E-state index in [9.17, 15) is 0 Å². The molecule has 0 saturated carbocycles. The number of benzene rings is 1. The molecule has 19 heavy (non-hydrogen) atoms. The van der Waals surface area contributed by atoms with Gasteiger partial charge in [-0.25, -0.2) is 0 Å². The maximum atomic E-state index is 6.04. The molecule has 4 nitrogen and oxygen atoms in total. The first kappa shape index (κ1) is 16.2.